The van der Waals surface area contributed by atoms with Gasteiger partial charge in [-0.25, -0.2) is 8.42 Å². The maximum absolute atomic E-state index is 13.2. The Kier molecular flexibility index (Phi) is 7.10. The van der Waals surface area contributed by atoms with Crippen LogP contribution in [0.15, 0.2) is 53.4 Å². The molecule has 0 spiro atoms. The highest BCUT2D eigenvalue weighted by Crippen LogP contribution is 2.26. The smallest absolute Gasteiger partial charge is 0.264 e. The van der Waals surface area contributed by atoms with Crippen molar-refractivity contribution in [1.82, 2.24) is 4.90 Å². The van der Waals surface area contributed by atoms with Gasteiger partial charge in [-0.15, -0.1) is 0 Å². The van der Waals surface area contributed by atoms with Crippen LogP contribution >= 0.6 is 11.6 Å². The van der Waals surface area contributed by atoms with E-state index in [9.17, 15) is 13.2 Å². The molecule has 0 radical (unpaired) electrons. The second kappa shape index (κ2) is 9.10. The summed E-state index contributed by atoms with van der Waals surface area (Å²) >= 11 is 5.93. The molecule has 0 bridgehead atoms. The second-order valence-corrected chi connectivity index (χ2v) is 8.03. The van der Waals surface area contributed by atoms with Crippen LogP contribution in [0.5, 0.6) is 5.75 Å². The van der Waals surface area contributed by atoms with Crippen LogP contribution in [0.2, 0.25) is 5.02 Å². The summed E-state index contributed by atoms with van der Waals surface area (Å²) in [5, 5.41) is 0.482. The van der Waals surface area contributed by atoms with Crippen LogP contribution in [0, 0.1) is 0 Å². The Morgan fingerprint density at radius 3 is 2.04 bits per heavy atom. The Balaban J connectivity index is 2.46. The molecule has 0 aliphatic heterocycles. The van der Waals surface area contributed by atoms with Crippen molar-refractivity contribution in [2.45, 2.75) is 18.7 Å². The Bertz CT molecular complexity index is 864. The van der Waals surface area contributed by atoms with Crippen LogP contribution in [-0.2, 0) is 14.8 Å². The van der Waals surface area contributed by atoms with E-state index >= 15 is 0 Å². The average Bonchev–Trinajstić information content (AvgIpc) is 2.68. The minimum absolute atomic E-state index is 0.0746. The normalized spacial score (nSPS) is 11.1. The summed E-state index contributed by atoms with van der Waals surface area (Å²) in [5.74, 6) is 0.276. The summed E-state index contributed by atoms with van der Waals surface area (Å²) in [6.45, 7) is 4.43. The highest BCUT2D eigenvalue weighted by atomic mass is 35.5. The number of likely N-dealkylation sites (N-methyl/N-ethyl adjacent to an activating group) is 1. The molecule has 2 aromatic rings. The number of anilines is 1. The number of halogens is 1. The minimum Gasteiger partial charge on any atom is -0.497 e. The quantitative estimate of drug-likeness (QED) is 0.668. The molecular weight excluding hydrogens is 388 g/mol. The predicted octanol–water partition coefficient (Wildman–Crippen LogP) is 3.41. The third kappa shape index (κ3) is 4.93. The summed E-state index contributed by atoms with van der Waals surface area (Å²) < 4.78 is 32.7. The molecule has 0 fully saturated rings. The van der Waals surface area contributed by atoms with E-state index in [1.807, 2.05) is 13.8 Å². The summed E-state index contributed by atoms with van der Waals surface area (Å²) in [6.07, 6.45) is 0. The summed E-state index contributed by atoms with van der Waals surface area (Å²) in [4.78, 5) is 14.3. The van der Waals surface area contributed by atoms with Crippen LogP contribution in [0.25, 0.3) is 0 Å². The molecule has 2 aromatic carbocycles. The number of rotatable bonds is 8. The van der Waals surface area contributed by atoms with Gasteiger partial charge in [-0.3, -0.25) is 9.10 Å². The standard InChI is InChI=1S/C19H23ClN2O4S/c1-4-21(5-2)19(23)14-22(16-8-6-15(20)7-9-16)27(24,25)18-12-10-17(26-3)11-13-18/h6-13H,4-5,14H2,1-3H3. The molecule has 0 aliphatic carbocycles. The van der Waals surface area contributed by atoms with Crippen LogP contribution < -0.4 is 9.04 Å². The van der Waals surface area contributed by atoms with Crippen molar-refractivity contribution in [3.63, 3.8) is 0 Å². The van der Waals surface area contributed by atoms with E-state index in [4.69, 9.17) is 16.3 Å². The third-order valence-corrected chi connectivity index (χ3v) is 6.20. The molecule has 0 heterocycles. The van der Waals surface area contributed by atoms with E-state index in [0.717, 1.165) is 4.31 Å². The van der Waals surface area contributed by atoms with E-state index in [1.54, 1.807) is 41.3 Å². The number of sulfonamides is 1. The van der Waals surface area contributed by atoms with E-state index < -0.39 is 10.0 Å². The molecule has 1 amide bonds. The fraction of sp³-hybridized carbons (Fsp3) is 0.316. The molecule has 6 nitrogen and oxygen atoms in total. The zero-order valence-corrected chi connectivity index (χ0v) is 17.1. The van der Waals surface area contributed by atoms with Gasteiger partial charge >= 0.3 is 0 Å². The van der Waals surface area contributed by atoms with Crippen molar-refractivity contribution in [3.8, 4) is 5.75 Å². The van der Waals surface area contributed by atoms with E-state index in [0.29, 0.717) is 29.5 Å². The number of hydrogen-bond donors (Lipinski definition) is 0. The monoisotopic (exact) mass is 410 g/mol. The lowest BCUT2D eigenvalue weighted by atomic mass is 10.3. The number of carbonyl (C=O) groups excluding carboxylic acids is 1. The second-order valence-electron chi connectivity index (χ2n) is 5.73. The number of carbonyl (C=O) groups is 1. The summed E-state index contributed by atoms with van der Waals surface area (Å²) in [5.41, 5.74) is 0.371. The molecule has 8 heteroatoms. The fourth-order valence-electron chi connectivity index (χ4n) is 2.60. The Morgan fingerprint density at radius 2 is 1.56 bits per heavy atom. The molecule has 0 aliphatic rings. The topological polar surface area (TPSA) is 66.9 Å². The number of ether oxygens (including phenoxy) is 1. The Hall–Kier alpha value is -2.25. The maximum Gasteiger partial charge on any atom is 0.264 e. The summed E-state index contributed by atoms with van der Waals surface area (Å²) in [7, 11) is -2.44. The van der Waals surface area contributed by atoms with Gasteiger partial charge in [0.1, 0.15) is 12.3 Å². The number of nitrogens with zero attached hydrogens (tertiary/aromatic N) is 2. The Morgan fingerprint density at radius 1 is 1.00 bits per heavy atom. The largest absolute Gasteiger partial charge is 0.497 e. The molecule has 0 aromatic heterocycles. The van der Waals surface area contributed by atoms with Crippen LogP contribution in [0.1, 0.15) is 13.8 Å². The minimum atomic E-state index is -3.95. The SMILES string of the molecule is CCN(CC)C(=O)CN(c1ccc(Cl)cc1)S(=O)(=O)c1ccc(OC)cc1. The number of benzene rings is 2. The molecule has 146 valence electrons. The Labute approximate surface area is 165 Å². The molecule has 27 heavy (non-hydrogen) atoms. The van der Waals surface area contributed by atoms with Crippen molar-refractivity contribution < 1.29 is 17.9 Å². The van der Waals surface area contributed by atoms with Gasteiger partial charge in [-0.1, -0.05) is 11.6 Å². The molecule has 0 saturated heterocycles. The van der Waals surface area contributed by atoms with Gasteiger partial charge < -0.3 is 9.64 Å². The molecule has 0 unspecified atom stereocenters. The van der Waals surface area contributed by atoms with Gasteiger partial charge in [0.2, 0.25) is 5.91 Å². The first-order valence-electron chi connectivity index (χ1n) is 8.53. The molecule has 0 N–H and O–H groups in total. The van der Waals surface area contributed by atoms with Crippen molar-refractivity contribution in [3.05, 3.63) is 53.6 Å². The zero-order valence-electron chi connectivity index (χ0n) is 15.6. The average molecular weight is 411 g/mol. The molecule has 0 atom stereocenters. The van der Waals surface area contributed by atoms with Crippen molar-refractivity contribution in [2.24, 2.45) is 0 Å². The predicted molar refractivity (Wildman–Crippen MR) is 107 cm³/mol. The van der Waals surface area contributed by atoms with Crippen molar-refractivity contribution >= 4 is 33.2 Å². The number of hydrogen-bond acceptors (Lipinski definition) is 4. The lowest BCUT2D eigenvalue weighted by Gasteiger charge is -2.27. The first-order chi connectivity index (χ1) is 12.8. The van der Waals surface area contributed by atoms with E-state index in [1.165, 1.54) is 19.2 Å². The van der Waals surface area contributed by atoms with Crippen LogP contribution in [0.4, 0.5) is 5.69 Å². The van der Waals surface area contributed by atoms with E-state index in [-0.39, 0.29) is 17.3 Å². The lowest BCUT2D eigenvalue weighted by Crippen LogP contribution is -2.43. The highest BCUT2D eigenvalue weighted by Gasteiger charge is 2.28. The summed E-state index contributed by atoms with van der Waals surface area (Å²) in [6, 6.07) is 12.4. The van der Waals surface area contributed by atoms with Crippen LogP contribution in [0.3, 0.4) is 0 Å². The van der Waals surface area contributed by atoms with E-state index in [2.05, 4.69) is 0 Å². The highest BCUT2D eigenvalue weighted by molar-refractivity contribution is 7.92. The third-order valence-electron chi connectivity index (χ3n) is 4.16. The first-order valence-corrected chi connectivity index (χ1v) is 10.3. The zero-order chi connectivity index (χ0) is 20.0. The number of methoxy groups -OCH3 is 1. The van der Waals surface area contributed by atoms with Crippen molar-refractivity contribution in [1.29, 1.82) is 0 Å². The molecule has 2 rings (SSSR count). The lowest BCUT2D eigenvalue weighted by molar-refractivity contribution is -0.129. The molecular formula is C19H23ClN2O4S. The van der Waals surface area contributed by atoms with Gasteiger partial charge in [0.15, 0.2) is 0 Å². The van der Waals surface area contributed by atoms with Gasteiger partial charge in [0.05, 0.1) is 17.7 Å². The van der Waals surface area contributed by atoms with Gasteiger partial charge in [0, 0.05) is 18.1 Å². The van der Waals surface area contributed by atoms with Gasteiger partial charge in [-0.05, 0) is 62.4 Å². The number of amides is 1. The van der Waals surface area contributed by atoms with Crippen LogP contribution in [-0.4, -0.2) is 46.0 Å². The van der Waals surface area contributed by atoms with Crippen molar-refractivity contribution in [2.75, 3.05) is 31.0 Å². The molecule has 0 saturated carbocycles. The fourth-order valence-corrected chi connectivity index (χ4v) is 4.14. The first kappa shape index (κ1) is 21.1. The maximum atomic E-state index is 13.2. The van der Waals surface area contributed by atoms with Gasteiger partial charge in [-0.2, -0.15) is 0 Å². The van der Waals surface area contributed by atoms with Gasteiger partial charge in [0.25, 0.3) is 10.0 Å².